The minimum atomic E-state index is 0.325. The third-order valence-corrected chi connectivity index (χ3v) is 5.20. The van der Waals surface area contributed by atoms with Gasteiger partial charge in [0.1, 0.15) is 12.4 Å². The van der Waals surface area contributed by atoms with Crippen LogP contribution in [0.3, 0.4) is 0 Å². The molecule has 2 heterocycles. The molecule has 0 aromatic heterocycles. The van der Waals surface area contributed by atoms with Crippen LogP contribution < -0.4 is 10.1 Å². The van der Waals surface area contributed by atoms with Gasteiger partial charge in [0.15, 0.2) is 0 Å². The number of rotatable bonds is 4. The first kappa shape index (κ1) is 15.8. The lowest BCUT2D eigenvalue weighted by Crippen LogP contribution is -2.53. The van der Waals surface area contributed by atoms with Crippen LogP contribution in [0.4, 0.5) is 0 Å². The number of fused-ring (bicyclic) bond motifs is 1. The summed E-state index contributed by atoms with van der Waals surface area (Å²) in [5.41, 5.74) is 0.325. The van der Waals surface area contributed by atoms with Gasteiger partial charge in [0.2, 0.25) is 0 Å². The summed E-state index contributed by atoms with van der Waals surface area (Å²) in [4.78, 5) is 2.67. The molecule has 0 bridgehead atoms. The lowest BCUT2D eigenvalue weighted by Gasteiger charge is -2.39. The summed E-state index contributed by atoms with van der Waals surface area (Å²) < 4.78 is 5.94. The Balaban J connectivity index is 1.63. The number of ether oxygens (including phenoxy) is 1. The number of nitrogens with one attached hydrogen (secondary N) is 1. The number of hydrogen-bond acceptors (Lipinski definition) is 3. The number of piperidine rings is 1. The molecule has 1 N–H and O–H groups in total. The van der Waals surface area contributed by atoms with Gasteiger partial charge < -0.3 is 10.1 Å². The van der Waals surface area contributed by atoms with Crippen LogP contribution in [0.1, 0.15) is 40.0 Å². The van der Waals surface area contributed by atoms with Crippen molar-refractivity contribution in [1.29, 1.82) is 0 Å². The van der Waals surface area contributed by atoms with Crippen LogP contribution in [0.2, 0.25) is 0 Å². The van der Waals surface area contributed by atoms with Crippen LogP contribution in [0.25, 0.3) is 0 Å². The lowest BCUT2D eigenvalue weighted by molar-refractivity contribution is 0.0678. The van der Waals surface area contributed by atoms with Gasteiger partial charge in [-0.1, -0.05) is 39.0 Å². The monoisotopic (exact) mass is 302 g/mol. The second-order valence-electron chi connectivity index (χ2n) is 7.82. The molecule has 0 saturated carbocycles. The molecule has 22 heavy (non-hydrogen) atoms. The van der Waals surface area contributed by atoms with Crippen LogP contribution >= 0.6 is 0 Å². The molecule has 2 aliphatic rings. The maximum absolute atomic E-state index is 5.94. The van der Waals surface area contributed by atoms with Crippen molar-refractivity contribution in [3.63, 3.8) is 0 Å². The highest BCUT2D eigenvalue weighted by molar-refractivity contribution is 5.20. The fourth-order valence-corrected chi connectivity index (χ4v) is 4.12. The van der Waals surface area contributed by atoms with Crippen LogP contribution in [-0.4, -0.2) is 36.8 Å². The number of para-hydroxylation sites is 1. The first-order chi connectivity index (χ1) is 10.6. The topological polar surface area (TPSA) is 24.5 Å². The molecule has 1 aromatic carbocycles. The standard InChI is InChI=1S/C19H30N2O/c1-19(2,3)17-14-15-8-7-11-20-18(15)21(17)12-13-22-16-9-5-4-6-10-16/h4-6,9-10,15,17-18,20H,7-8,11-14H2,1-3H3. The normalized spacial score (nSPS) is 29.3. The maximum atomic E-state index is 5.94. The molecule has 0 amide bonds. The van der Waals surface area contributed by atoms with Crippen molar-refractivity contribution >= 4 is 0 Å². The summed E-state index contributed by atoms with van der Waals surface area (Å²) >= 11 is 0. The van der Waals surface area contributed by atoms with E-state index >= 15 is 0 Å². The first-order valence-electron chi connectivity index (χ1n) is 8.73. The van der Waals surface area contributed by atoms with Crippen molar-refractivity contribution in [3.05, 3.63) is 30.3 Å². The van der Waals surface area contributed by atoms with E-state index in [0.29, 0.717) is 17.6 Å². The van der Waals surface area contributed by atoms with Gasteiger partial charge >= 0.3 is 0 Å². The van der Waals surface area contributed by atoms with E-state index in [2.05, 4.69) is 31.0 Å². The molecule has 1 aromatic rings. The van der Waals surface area contributed by atoms with Gasteiger partial charge in [0.05, 0.1) is 6.17 Å². The number of likely N-dealkylation sites (tertiary alicyclic amines) is 1. The Hall–Kier alpha value is -1.06. The quantitative estimate of drug-likeness (QED) is 0.921. The molecule has 122 valence electrons. The Morgan fingerprint density at radius 2 is 2.00 bits per heavy atom. The van der Waals surface area contributed by atoms with Gasteiger partial charge in [-0.25, -0.2) is 0 Å². The van der Waals surface area contributed by atoms with Crippen molar-refractivity contribution in [1.82, 2.24) is 10.2 Å². The molecule has 2 saturated heterocycles. The van der Waals surface area contributed by atoms with Crippen LogP contribution in [-0.2, 0) is 0 Å². The zero-order valence-corrected chi connectivity index (χ0v) is 14.2. The summed E-state index contributed by atoms with van der Waals surface area (Å²) in [6.07, 6.45) is 4.58. The molecule has 2 fully saturated rings. The van der Waals surface area contributed by atoms with Crippen LogP contribution in [0.15, 0.2) is 30.3 Å². The summed E-state index contributed by atoms with van der Waals surface area (Å²) in [7, 11) is 0. The Morgan fingerprint density at radius 3 is 2.73 bits per heavy atom. The zero-order chi connectivity index (χ0) is 15.6. The SMILES string of the molecule is CC(C)(C)C1CC2CCCNC2N1CCOc1ccccc1. The van der Waals surface area contributed by atoms with Gasteiger partial charge in [-0.15, -0.1) is 0 Å². The molecular weight excluding hydrogens is 272 g/mol. The van der Waals surface area contributed by atoms with Gasteiger partial charge in [-0.3, -0.25) is 4.90 Å². The highest BCUT2D eigenvalue weighted by Gasteiger charge is 2.46. The molecule has 3 atom stereocenters. The van der Waals surface area contributed by atoms with Crippen LogP contribution in [0.5, 0.6) is 5.75 Å². The third kappa shape index (κ3) is 3.47. The molecule has 0 spiro atoms. The summed E-state index contributed by atoms with van der Waals surface area (Å²) in [6, 6.07) is 10.8. The molecule has 3 rings (SSSR count). The van der Waals surface area contributed by atoms with Crippen LogP contribution in [0, 0.1) is 11.3 Å². The van der Waals surface area contributed by atoms with E-state index in [4.69, 9.17) is 4.74 Å². The molecule has 3 nitrogen and oxygen atoms in total. The Kier molecular flexibility index (Phi) is 4.74. The molecule has 0 radical (unpaired) electrons. The number of benzene rings is 1. The fourth-order valence-electron chi connectivity index (χ4n) is 4.12. The fraction of sp³-hybridized carbons (Fsp3) is 0.684. The summed E-state index contributed by atoms with van der Waals surface area (Å²) in [5.74, 6) is 1.79. The molecular formula is C19H30N2O. The first-order valence-corrected chi connectivity index (χ1v) is 8.73. The van der Waals surface area contributed by atoms with Gasteiger partial charge in [-0.2, -0.15) is 0 Å². The van der Waals surface area contributed by atoms with Gasteiger partial charge in [0.25, 0.3) is 0 Å². The third-order valence-electron chi connectivity index (χ3n) is 5.20. The van der Waals surface area contributed by atoms with E-state index in [9.17, 15) is 0 Å². The highest BCUT2D eigenvalue weighted by atomic mass is 16.5. The predicted octanol–water partition coefficient (Wildman–Crippen LogP) is 3.51. The molecule has 3 heteroatoms. The van der Waals surface area contributed by atoms with E-state index in [0.717, 1.165) is 31.4 Å². The highest BCUT2D eigenvalue weighted by Crippen LogP contribution is 2.41. The largest absolute Gasteiger partial charge is 0.492 e. The second kappa shape index (κ2) is 6.59. The Labute approximate surface area is 135 Å². The van der Waals surface area contributed by atoms with E-state index in [1.807, 2.05) is 30.3 Å². The van der Waals surface area contributed by atoms with Crippen molar-refractivity contribution in [2.24, 2.45) is 11.3 Å². The lowest BCUT2D eigenvalue weighted by atomic mass is 9.82. The number of nitrogens with zero attached hydrogens (tertiary/aromatic N) is 1. The predicted molar refractivity (Wildman–Crippen MR) is 91.0 cm³/mol. The van der Waals surface area contributed by atoms with E-state index in [-0.39, 0.29) is 0 Å². The average Bonchev–Trinajstić information content (AvgIpc) is 2.88. The van der Waals surface area contributed by atoms with Crippen molar-refractivity contribution < 1.29 is 4.74 Å². The van der Waals surface area contributed by atoms with Crippen molar-refractivity contribution in [3.8, 4) is 5.75 Å². The Bertz CT molecular complexity index is 468. The second-order valence-corrected chi connectivity index (χ2v) is 7.82. The summed E-state index contributed by atoms with van der Waals surface area (Å²) in [6.45, 7) is 10.1. The van der Waals surface area contributed by atoms with E-state index in [1.165, 1.54) is 19.3 Å². The minimum Gasteiger partial charge on any atom is -0.492 e. The van der Waals surface area contributed by atoms with Gasteiger partial charge in [0, 0.05) is 12.6 Å². The number of hydrogen-bond donors (Lipinski definition) is 1. The zero-order valence-electron chi connectivity index (χ0n) is 14.2. The maximum Gasteiger partial charge on any atom is 0.119 e. The van der Waals surface area contributed by atoms with Gasteiger partial charge in [-0.05, 0) is 49.3 Å². The molecule has 0 aliphatic carbocycles. The van der Waals surface area contributed by atoms with E-state index in [1.54, 1.807) is 0 Å². The van der Waals surface area contributed by atoms with E-state index < -0.39 is 0 Å². The average molecular weight is 302 g/mol. The Morgan fingerprint density at radius 1 is 1.23 bits per heavy atom. The smallest absolute Gasteiger partial charge is 0.119 e. The minimum absolute atomic E-state index is 0.325. The van der Waals surface area contributed by atoms with Crippen molar-refractivity contribution in [2.75, 3.05) is 19.7 Å². The van der Waals surface area contributed by atoms with Crippen molar-refractivity contribution in [2.45, 2.75) is 52.2 Å². The molecule has 2 aliphatic heterocycles. The summed E-state index contributed by atoms with van der Waals surface area (Å²) in [5, 5.41) is 3.75. The molecule has 3 unspecified atom stereocenters.